The normalized spacial score (nSPS) is 10.3. The second-order valence-corrected chi connectivity index (χ2v) is 4.82. The molecule has 112 valence electrons. The highest BCUT2D eigenvalue weighted by Crippen LogP contribution is 2.29. The fourth-order valence-corrected chi connectivity index (χ4v) is 2.14. The second kappa shape index (κ2) is 7.20. The summed E-state index contributed by atoms with van der Waals surface area (Å²) in [4.78, 5) is 0. The third kappa shape index (κ3) is 3.80. The van der Waals surface area contributed by atoms with Gasteiger partial charge in [-0.3, -0.25) is 0 Å². The Morgan fingerprint density at radius 1 is 0.952 bits per heavy atom. The van der Waals surface area contributed by atoms with Crippen LogP contribution < -0.4 is 14.2 Å². The van der Waals surface area contributed by atoms with Gasteiger partial charge >= 0.3 is 0 Å². The van der Waals surface area contributed by atoms with Crippen LogP contribution in [0.25, 0.3) is 0 Å². The Morgan fingerprint density at radius 3 is 2.33 bits per heavy atom. The Labute approximate surface area is 128 Å². The van der Waals surface area contributed by atoms with Gasteiger partial charge in [-0.25, -0.2) is 0 Å². The minimum atomic E-state index is -0.123. The molecule has 0 saturated carbocycles. The summed E-state index contributed by atoms with van der Waals surface area (Å²) in [6, 6.07) is 10.7. The molecule has 0 saturated heterocycles. The summed E-state index contributed by atoms with van der Waals surface area (Å²) in [7, 11) is 3.18. The van der Waals surface area contributed by atoms with E-state index >= 15 is 0 Å². The Bertz CT molecular complexity index is 613. The standard InChI is InChI=1S/C16H17ClO4/c1-19-15-5-3-11(7-16(15)20-2)10-21-14-6-4-13(17)8-12(14)9-18/h3-8,18H,9-10H2,1-2H3. The molecule has 0 unspecified atom stereocenters. The van der Waals surface area contributed by atoms with Crippen molar-refractivity contribution in [3.8, 4) is 17.2 Å². The Balaban J connectivity index is 2.13. The third-order valence-electron chi connectivity index (χ3n) is 3.04. The van der Waals surface area contributed by atoms with E-state index in [1.54, 1.807) is 32.4 Å². The van der Waals surface area contributed by atoms with Gasteiger partial charge < -0.3 is 19.3 Å². The molecule has 0 radical (unpaired) electrons. The maximum Gasteiger partial charge on any atom is 0.161 e. The first-order valence-electron chi connectivity index (χ1n) is 6.41. The maximum absolute atomic E-state index is 9.32. The van der Waals surface area contributed by atoms with Crippen molar-refractivity contribution < 1.29 is 19.3 Å². The summed E-state index contributed by atoms with van der Waals surface area (Å²) in [5.74, 6) is 1.93. The number of rotatable bonds is 6. The number of methoxy groups -OCH3 is 2. The van der Waals surface area contributed by atoms with Crippen molar-refractivity contribution in [3.63, 3.8) is 0 Å². The van der Waals surface area contributed by atoms with Gasteiger partial charge in [0.05, 0.1) is 20.8 Å². The number of hydrogen-bond acceptors (Lipinski definition) is 4. The lowest BCUT2D eigenvalue weighted by atomic mass is 10.2. The van der Waals surface area contributed by atoms with Crippen molar-refractivity contribution in [3.05, 3.63) is 52.5 Å². The lowest BCUT2D eigenvalue weighted by Gasteiger charge is -2.12. The van der Waals surface area contributed by atoms with E-state index in [2.05, 4.69) is 0 Å². The quantitative estimate of drug-likeness (QED) is 0.888. The van der Waals surface area contributed by atoms with Crippen molar-refractivity contribution in [1.82, 2.24) is 0 Å². The van der Waals surface area contributed by atoms with Crippen molar-refractivity contribution in [2.75, 3.05) is 14.2 Å². The molecule has 0 bridgehead atoms. The van der Waals surface area contributed by atoms with E-state index in [-0.39, 0.29) is 6.61 Å². The van der Waals surface area contributed by atoms with Crippen LogP contribution in [0.3, 0.4) is 0 Å². The fourth-order valence-electron chi connectivity index (χ4n) is 1.94. The van der Waals surface area contributed by atoms with Gasteiger partial charge in [0.15, 0.2) is 11.5 Å². The lowest BCUT2D eigenvalue weighted by Crippen LogP contribution is -2.00. The van der Waals surface area contributed by atoms with E-state index in [1.807, 2.05) is 18.2 Å². The number of ether oxygens (including phenoxy) is 3. The van der Waals surface area contributed by atoms with E-state index in [4.69, 9.17) is 25.8 Å². The van der Waals surface area contributed by atoms with Crippen LogP contribution in [-0.4, -0.2) is 19.3 Å². The third-order valence-corrected chi connectivity index (χ3v) is 3.27. The van der Waals surface area contributed by atoms with Crippen molar-refractivity contribution in [2.45, 2.75) is 13.2 Å². The first-order chi connectivity index (χ1) is 10.2. The Hall–Kier alpha value is -1.91. The van der Waals surface area contributed by atoms with Crippen LogP contribution in [0.4, 0.5) is 0 Å². The van der Waals surface area contributed by atoms with Crippen LogP contribution >= 0.6 is 11.6 Å². The van der Waals surface area contributed by atoms with E-state index in [0.717, 1.165) is 5.56 Å². The molecular weight excluding hydrogens is 292 g/mol. The average molecular weight is 309 g/mol. The molecule has 0 atom stereocenters. The van der Waals surface area contributed by atoms with Crippen molar-refractivity contribution in [2.24, 2.45) is 0 Å². The average Bonchev–Trinajstić information content (AvgIpc) is 2.53. The molecule has 0 spiro atoms. The fraction of sp³-hybridized carbons (Fsp3) is 0.250. The summed E-state index contributed by atoms with van der Waals surface area (Å²) in [5, 5.41) is 9.88. The molecule has 2 rings (SSSR count). The Kier molecular flexibility index (Phi) is 5.31. The zero-order chi connectivity index (χ0) is 15.2. The van der Waals surface area contributed by atoms with E-state index in [1.165, 1.54) is 0 Å². The van der Waals surface area contributed by atoms with Crippen LogP contribution in [0.5, 0.6) is 17.2 Å². The van der Waals surface area contributed by atoms with Gasteiger partial charge in [-0.2, -0.15) is 0 Å². The number of aliphatic hydroxyl groups excluding tert-OH is 1. The minimum absolute atomic E-state index is 0.123. The highest BCUT2D eigenvalue weighted by Gasteiger charge is 2.07. The van der Waals surface area contributed by atoms with Crippen molar-refractivity contribution in [1.29, 1.82) is 0 Å². The van der Waals surface area contributed by atoms with Crippen LogP contribution in [0.15, 0.2) is 36.4 Å². The van der Waals surface area contributed by atoms with Gasteiger partial charge in [0, 0.05) is 10.6 Å². The van der Waals surface area contributed by atoms with Gasteiger partial charge in [0.2, 0.25) is 0 Å². The van der Waals surface area contributed by atoms with Crippen molar-refractivity contribution >= 4 is 11.6 Å². The number of aliphatic hydroxyl groups is 1. The summed E-state index contributed by atoms with van der Waals surface area (Å²) >= 11 is 5.89. The molecule has 0 aliphatic rings. The summed E-state index contributed by atoms with van der Waals surface area (Å²) in [5.41, 5.74) is 1.59. The predicted octanol–water partition coefficient (Wildman–Crippen LogP) is 3.43. The Morgan fingerprint density at radius 2 is 1.67 bits per heavy atom. The molecule has 2 aromatic rings. The minimum Gasteiger partial charge on any atom is -0.493 e. The van der Waals surface area contributed by atoms with Crippen LogP contribution in [0.1, 0.15) is 11.1 Å². The number of halogens is 1. The molecule has 0 heterocycles. The second-order valence-electron chi connectivity index (χ2n) is 4.39. The number of benzene rings is 2. The molecule has 0 aromatic heterocycles. The smallest absolute Gasteiger partial charge is 0.161 e. The van der Waals surface area contributed by atoms with Gasteiger partial charge in [-0.05, 0) is 35.9 Å². The first-order valence-corrected chi connectivity index (χ1v) is 6.78. The summed E-state index contributed by atoms with van der Waals surface area (Å²) in [6.07, 6.45) is 0. The van der Waals surface area contributed by atoms with Gasteiger partial charge in [0.1, 0.15) is 12.4 Å². The molecule has 5 heteroatoms. The predicted molar refractivity (Wildman–Crippen MR) is 81.3 cm³/mol. The molecular formula is C16H17ClO4. The molecule has 0 aliphatic carbocycles. The molecule has 0 fully saturated rings. The first kappa shape index (κ1) is 15.5. The highest BCUT2D eigenvalue weighted by atomic mass is 35.5. The molecule has 0 aliphatic heterocycles. The maximum atomic E-state index is 9.32. The lowest BCUT2D eigenvalue weighted by molar-refractivity contribution is 0.258. The molecule has 1 N–H and O–H groups in total. The van der Waals surface area contributed by atoms with E-state index < -0.39 is 0 Å². The highest BCUT2D eigenvalue weighted by molar-refractivity contribution is 6.30. The summed E-state index contributed by atoms with van der Waals surface area (Å²) in [6.45, 7) is 0.233. The van der Waals surface area contributed by atoms with Crippen LogP contribution in [0.2, 0.25) is 5.02 Å². The SMILES string of the molecule is COc1ccc(COc2ccc(Cl)cc2CO)cc1OC. The van der Waals surface area contributed by atoms with E-state index in [9.17, 15) is 5.11 Å². The van der Waals surface area contributed by atoms with Crippen LogP contribution in [0, 0.1) is 0 Å². The molecule has 2 aromatic carbocycles. The van der Waals surface area contributed by atoms with Gasteiger partial charge in [0.25, 0.3) is 0 Å². The van der Waals surface area contributed by atoms with Gasteiger partial charge in [-0.1, -0.05) is 17.7 Å². The topological polar surface area (TPSA) is 47.9 Å². The zero-order valence-electron chi connectivity index (χ0n) is 11.9. The van der Waals surface area contributed by atoms with Crippen LogP contribution in [-0.2, 0) is 13.2 Å². The number of hydrogen-bond donors (Lipinski definition) is 1. The summed E-state index contributed by atoms with van der Waals surface area (Å²) < 4.78 is 16.2. The monoisotopic (exact) mass is 308 g/mol. The van der Waals surface area contributed by atoms with Gasteiger partial charge in [-0.15, -0.1) is 0 Å². The largest absolute Gasteiger partial charge is 0.493 e. The zero-order valence-corrected chi connectivity index (χ0v) is 12.7. The van der Waals surface area contributed by atoms with E-state index in [0.29, 0.717) is 34.4 Å². The molecule has 0 amide bonds. The molecule has 21 heavy (non-hydrogen) atoms. The molecule has 4 nitrogen and oxygen atoms in total.